The van der Waals surface area contributed by atoms with Crippen molar-refractivity contribution in [3.05, 3.63) is 60.4 Å². The summed E-state index contributed by atoms with van der Waals surface area (Å²) >= 11 is 1.30. The number of benzene rings is 2. The molecule has 1 fully saturated rings. The maximum Gasteiger partial charge on any atom is 0.410 e. The van der Waals surface area contributed by atoms with Gasteiger partial charge in [0.05, 0.1) is 5.75 Å². The fourth-order valence-electron chi connectivity index (χ4n) is 3.64. The molecule has 10 heteroatoms. The van der Waals surface area contributed by atoms with Crippen LogP contribution in [0.5, 0.6) is 0 Å². The number of hydrogen-bond acceptors (Lipinski definition) is 6. The van der Waals surface area contributed by atoms with E-state index >= 15 is 0 Å². The second-order valence-corrected chi connectivity index (χ2v) is 10.1. The van der Waals surface area contributed by atoms with E-state index in [4.69, 9.17) is 4.74 Å². The molecule has 1 aromatic heterocycles. The zero-order valence-electron chi connectivity index (χ0n) is 20.0. The van der Waals surface area contributed by atoms with Crippen molar-refractivity contribution in [3.8, 4) is 17.1 Å². The first-order valence-corrected chi connectivity index (χ1v) is 12.3. The topological polar surface area (TPSA) is 80.6 Å². The zero-order valence-corrected chi connectivity index (χ0v) is 20.8. The number of carbonyl (C=O) groups is 2. The molecular formula is C25H28FN5O3S. The SMILES string of the molecule is CC(C)(C)OC(=O)N1CCN(C(=O)CSc2nnc(-c3ccc(F)cc3)n2-c2ccccc2)CC1. The van der Waals surface area contributed by atoms with Gasteiger partial charge in [-0.25, -0.2) is 9.18 Å². The predicted octanol–water partition coefficient (Wildman–Crippen LogP) is 4.24. The fraction of sp³-hybridized carbons (Fsp3) is 0.360. The predicted molar refractivity (Wildman–Crippen MR) is 132 cm³/mol. The lowest BCUT2D eigenvalue weighted by Gasteiger charge is -2.35. The Morgan fingerprint density at radius 1 is 0.943 bits per heavy atom. The minimum atomic E-state index is -0.553. The zero-order chi connectivity index (χ0) is 25.0. The average Bonchev–Trinajstić information content (AvgIpc) is 3.26. The third kappa shape index (κ3) is 6.19. The van der Waals surface area contributed by atoms with Crippen molar-refractivity contribution >= 4 is 23.8 Å². The number of amides is 2. The number of rotatable bonds is 5. The van der Waals surface area contributed by atoms with E-state index in [-0.39, 0.29) is 23.6 Å². The van der Waals surface area contributed by atoms with Crippen molar-refractivity contribution in [2.45, 2.75) is 31.5 Å². The Balaban J connectivity index is 1.43. The quantitative estimate of drug-likeness (QED) is 0.491. The van der Waals surface area contributed by atoms with E-state index < -0.39 is 5.60 Å². The molecule has 1 aliphatic rings. The summed E-state index contributed by atoms with van der Waals surface area (Å²) in [5.41, 5.74) is 1.01. The first kappa shape index (κ1) is 24.7. The first-order chi connectivity index (χ1) is 16.7. The number of aromatic nitrogens is 3. The van der Waals surface area contributed by atoms with Gasteiger partial charge < -0.3 is 14.5 Å². The highest BCUT2D eigenvalue weighted by atomic mass is 32.2. The molecule has 1 aliphatic heterocycles. The third-order valence-electron chi connectivity index (χ3n) is 5.36. The van der Waals surface area contributed by atoms with Crippen LogP contribution < -0.4 is 0 Å². The molecule has 2 aromatic carbocycles. The van der Waals surface area contributed by atoms with Crippen molar-refractivity contribution < 1.29 is 18.7 Å². The van der Waals surface area contributed by atoms with Gasteiger partial charge in [-0.1, -0.05) is 30.0 Å². The number of para-hydroxylation sites is 1. The van der Waals surface area contributed by atoms with Crippen molar-refractivity contribution in [2.75, 3.05) is 31.9 Å². The van der Waals surface area contributed by atoms with Crippen molar-refractivity contribution in [1.29, 1.82) is 0 Å². The van der Waals surface area contributed by atoms with Gasteiger partial charge >= 0.3 is 6.09 Å². The lowest BCUT2D eigenvalue weighted by Crippen LogP contribution is -2.52. The molecule has 8 nitrogen and oxygen atoms in total. The maximum absolute atomic E-state index is 13.4. The Morgan fingerprint density at radius 2 is 1.57 bits per heavy atom. The minimum absolute atomic E-state index is 0.0372. The molecule has 1 saturated heterocycles. The summed E-state index contributed by atoms with van der Waals surface area (Å²) in [7, 11) is 0. The van der Waals surface area contributed by atoms with E-state index in [0.717, 1.165) is 11.3 Å². The summed E-state index contributed by atoms with van der Waals surface area (Å²) in [6.07, 6.45) is -0.358. The van der Waals surface area contributed by atoms with Crippen LogP contribution in [0.25, 0.3) is 17.1 Å². The van der Waals surface area contributed by atoms with Crippen LogP contribution in [0.1, 0.15) is 20.8 Å². The summed E-state index contributed by atoms with van der Waals surface area (Å²) in [5, 5.41) is 9.21. The van der Waals surface area contributed by atoms with E-state index in [1.165, 1.54) is 23.9 Å². The van der Waals surface area contributed by atoms with Gasteiger partial charge in [-0.15, -0.1) is 10.2 Å². The van der Waals surface area contributed by atoms with Gasteiger partial charge in [0.2, 0.25) is 5.91 Å². The Bertz CT molecular complexity index is 1170. The Hall–Kier alpha value is -3.40. The van der Waals surface area contributed by atoms with Crippen LogP contribution in [-0.2, 0) is 9.53 Å². The number of carbonyl (C=O) groups excluding carboxylic acids is 2. The molecule has 0 atom stereocenters. The first-order valence-electron chi connectivity index (χ1n) is 11.4. The summed E-state index contributed by atoms with van der Waals surface area (Å²) < 4.78 is 20.7. The molecule has 2 heterocycles. The van der Waals surface area contributed by atoms with E-state index in [1.807, 2.05) is 55.7 Å². The molecule has 0 spiro atoms. The summed E-state index contributed by atoms with van der Waals surface area (Å²) in [6.45, 7) is 7.25. The molecule has 3 aromatic rings. The molecule has 2 amide bonds. The van der Waals surface area contributed by atoms with Crippen LogP contribution in [-0.4, -0.2) is 74.1 Å². The van der Waals surface area contributed by atoms with Gasteiger partial charge in [-0.05, 0) is 57.2 Å². The largest absolute Gasteiger partial charge is 0.444 e. The molecule has 0 unspecified atom stereocenters. The van der Waals surface area contributed by atoms with Gasteiger partial charge in [-0.2, -0.15) is 0 Å². The summed E-state index contributed by atoms with van der Waals surface area (Å²) in [5.74, 6) is 0.384. The smallest absolute Gasteiger partial charge is 0.410 e. The maximum atomic E-state index is 13.4. The average molecular weight is 498 g/mol. The van der Waals surface area contributed by atoms with Crippen LogP contribution in [0.3, 0.4) is 0 Å². The summed E-state index contributed by atoms with van der Waals surface area (Å²) in [6, 6.07) is 15.7. The molecule has 0 N–H and O–H groups in total. The van der Waals surface area contributed by atoms with Crippen LogP contribution >= 0.6 is 11.8 Å². The number of piperazine rings is 1. The number of thioether (sulfide) groups is 1. The second kappa shape index (κ2) is 10.5. The molecule has 0 aliphatic carbocycles. The molecule has 0 saturated carbocycles. The Morgan fingerprint density at radius 3 is 2.20 bits per heavy atom. The van der Waals surface area contributed by atoms with E-state index in [0.29, 0.717) is 37.2 Å². The van der Waals surface area contributed by atoms with Crippen LogP contribution in [0, 0.1) is 5.82 Å². The number of ether oxygens (including phenoxy) is 1. The molecule has 35 heavy (non-hydrogen) atoms. The van der Waals surface area contributed by atoms with Gasteiger partial charge in [0, 0.05) is 37.4 Å². The molecule has 4 rings (SSSR count). The highest BCUT2D eigenvalue weighted by Crippen LogP contribution is 2.28. The molecule has 184 valence electrons. The van der Waals surface area contributed by atoms with Gasteiger partial charge in [0.1, 0.15) is 11.4 Å². The van der Waals surface area contributed by atoms with Crippen molar-refractivity contribution in [1.82, 2.24) is 24.6 Å². The molecule has 0 radical (unpaired) electrons. The minimum Gasteiger partial charge on any atom is -0.444 e. The third-order valence-corrected chi connectivity index (χ3v) is 6.27. The van der Waals surface area contributed by atoms with Crippen molar-refractivity contribution in [2.24, 2.45) is 0 Å². The Kier molecular flexibility index (Phi) is 7.39. The van der Waals surface area contributed by atoms with E-state index in [1.54, 1.807) is 21.9 Å². The number of nitrogens with zero attached hydrogens (tertiary/aromatic N) is 5. The van der Waals surface area contributed by atoms with Gasteiger partial charge in [-0.3, -0.25) is 9.36 Å². The highest BCUT2D eigenvalue weighted by molar-refractivity contribution is 7.99. The van der Waals surface area contributed by atoms with E-state index in [2.05, 4.69) is 10.2 Å². The van der Waals surface area contributed by atoms with E-state index in [9.17, 15) is 14.0 Å². The highest BCUT2D eigenvalue weighted by Gasteiger charge is 2.28. The Labute approximate surface area is 208 Å². The molecule has 0 bridgehead atoms. The van der Waals surface area contributed by atoms with Crippen LogP contribution in [0.2, 0.25) is 0 Å². The van der Waals surface area contributed by atoms with Crippen LogP contribution in [0.4, 0.5) is 9.18 Å². The van der Waals surface area contributed by atoms with Gasteiger partial charge in [0.15, 0.2) is 11.0 Å². The second-order valence-electron chi connectivity index (χ2n) is 9.12. The summed E-state index contributed by atoms with van der Waals surface area (Å²) in [4.78, 5) is 28.6. The van der Waals surface area contributed by atoms with Crippen molar-refractivity contribution in [3.63, 3.8) is 0 Å². The number of hydrogen-bond donors (Lipinski definition) is 0. The van der Waals surface area contributed by atoms with Gasteiger partial charge in [0.25, 0.3) is 0 Å². The van der Waals surface area contributed by atoms with Crippen LogP contribution in [0.15, 0.2) is 59.8 Å². The lowest BCUT2D eigenvalue weighted by molar-refractivity contribution is -0.130. The fourth-order valence-corrected chi connectivity index (χ4v) is 4.50. The standard InChI is InChI=1S/C25H28FN5O3S/c1-25(2,3)34-24(33)30-15-13-29(14-16-30)21(32)17-35-23-28-27-22(18-9-11-19(26)12-10-18)31(23)20-7-5-4-6-8-20/h4-12H,13-17H2,1-3H3. The molecular weight excluding hydrogens is 469 g/mol. The number of halogens is 1. The lowest BCUT2D eigenvalue weighted by atomic mass is 10.2. The monoisotopic (exact) mass is 497 g/mol. The normalized spacial score (nSPS) is 14.2.